The summed E-state index contributed by atoms with van der Waals surface area (Å²) in [7, 11) is 0. The topological polar surface area (TPSA) is 62.3 Å². The Kier molecular flexibility index (Phi) is 4.68. The molecule has 0 bridgehead atoms. The van der Waals surface area contributed by atoms with Crippen molar-refractivity contribution in [3.8, 4) is 0 Å². The molecule has 1 fully saturated rings. The number of carbonyl (C=O) groups excluding carboxylic acids is 2. The molecule has 0 saturated carbocycles. The van der Waals surface area contributed by atoms with Crippen LogP contribution in [-0.4, -0.2) is 26.1 Å². The average molecular weight is 359 g/mol. The first-order chi connectivity index (χ1) is 11.5. The third kappa shape index (κ3) is 3.50. The molecule has 1 aliphatic rings. The van der Waals surface area contributed by atoms with Crippen LogP contribution in [0, 0.1) is 5.82 Å². The van der Waals surface area contributed by atoms with Crippen molar-refractivity contribution >= 4 is 46.2 Å². The number of hydrogen-bond donors (Lipinski definition) is 1. The number of benzene rings is 1. The van der Waals surface area contributed by atoms with Gasteiger partial charge in [0.25, 0.3) is 11.8 Å². The van der Waals surface area contributed by atoms with Gasteiger partial charge < -0.3 is 0 Å². The van der Waals surface area contributed by atoms with Gasteiger partial charge in [0.1, 0.15) is 5.82 Å². The Morgan fingerprint density at radius 2 is 2.17 bits per heavy atom. The maximum absolute atomic E-state index is 13.2. The van der Waals surface area contributed by atoms with Crippen molar-refractivity contribution in [1.82, 2.24) is 15.4 Å². The monoisotopic (exact) mass is 359 g/mol. The molecule has 8 heteroatoms. The van der Waals surface area contributed by atoms with E-state index in [9.17, 15) is 14.0 Å². The molecular formula is C16H10FN3O2S2. The van der Waals surface area contributed by atoms with Crippen molar-refractivity contribution in [2.45, 2.75) is 0 Å². The number of hydrazine groups is 1. The fraction of sp³-hybridized carbons (Fsp3) is 0. The number of pyridine rings is 1. The summed E-state index contributed by atoms with van der Waals surface area (Å²) in [5.41, 5.74) is 3.29. The lowest BCUT2D eigenvalue weighted by Crippen LogP contribution is -2.44. The van der Waals surface area contributed by atoms with Gasteiger partial charge >= 0.3 is 0 Å². The number of aromatic nitrogens is 1. The molecule has 2 amide bonds. The van der Waals surface area contributed by atoms with Gasteiger partial charge in [-0.2, -0.15) is 5.01 Å². The van der Waals surface area contributed by atoms with Crippen molar-refractivity contribution in [2.75, 3.05) is 0 Å². The second kappa shape index (κ2) is 6.90. The van der Waals surface area contributed by atoms with Gasteiger partial charge in [-0.1, -0.05) is 23.9 Å². The zero-order valence-corrected chi connectivity index (χ0v) is 13.7. The molecule has 1 aromatic carbocycles. The molecule has 0 radical (unpaired) electrons. The van der Waals surface area contributed by atoms with E-state index in [-0.39, 0.29) is 4.32 Å². The lowest BCUT2D eigenvalue weighted by molar-refractivity contribution is -0.123. The minimum atomic E-state index is -0.494. The summed E-state index contributed by atoms with van der Waals surface area (Å²) in [5, 5.41) is 1.00. The van der Waals surface area contributed by atoms with Gasteiger partial charge in [-0.05, 0) is 48.1 Å². The molecule has 3 rings (SSSR count). The first-order valence-corrected chi connectivity index (χ1v) is 8.01. The first kappa shape index (κ1) is 16.3. The number of nitrogens with one attached hydrogen (secondary N) is 1. The zero-order valence-electron chi connectivity index (χ0n) is 12.1. The van der Waals surface area contributed by atoms with Crippen LogP contribution in [0.4, 0.5) is 4.39 Å². The maximum atomic E-state index is 13.2. The summed E-state index contributed by atoms with van der Waals surface area (Å²) in [5.74, 6) is -1.36. The van der Waals surface area contributed by atoms with Crippen molar-refractivity contribution in [3.63, 3.8) is 0 Å². The highest BCUT2D eigenvalue weighted by Crippen LogP contribution is 2.31. The molecular weight excluding hydrogens is 349 g/mol. The van der Waals surface area contributed by atoms with E-state index in [0.29, 0.717) is 16.0 Å². The number of hydrogen-bond acceptors (Lipinski definition) is 5. The SMILES string of the molecule is O=C(NN1C(=O)/C(=C/c2cccc(F)c2)SC1=S)c1cccnc1. The van der Waals surface area contributed by atoms with E-state index in [1.165, 1.54) is 30.6 Å². The highest BCUT2D eigenvalue weighted by atomic mass is 32.2. The van der Waals surface area contributed by atoms with Gasteiger partial charge in [0.05, 0.1) is 10.5 Å². The molecule has 0 atom stereocenters. The predicted octanol–water partition coefficient (Wildman–Crippen LogP) is 2.77. The molecule has 120 valence electrons. The van der Waals surface area contributed by atoms with Crippen LogP contribution >= 0.6 is 24.0 Å². The number of thioether (sulfide) groups is 1. The zero-order chi connectivity index (χ0) is 17.1. The number of halogens is 1. The Bertz CT molecular complexity index is 855. The first-order valence-electron chi connectivity index (χ1n) is 6.79. The van der Waals surface area contributed by atoms with Crippen LogP contribution in [0.2, 0.25) is 0 Å². The van der Waals surface area contributed by atoms with Crippen molar-refractivity contribution < 1.29 is 14.0 Å². The Labute approximate surface area is 146 Å². The van der Waals surface area contributed by atoms with Crippen LogP contribution < -0.4 is 5.43 Å². The summed E-state index contributed by atoms with van der Waals surface area (Å²) < 4.78 is 13.4. The van der Waals surface area contributed by atoms with E-state index in [2.05, 4.69) is 10.4 Å². The highest BCUT2D eigenvalue weighted by molar-refractivity contribution is 8.26. The molecule has 1 aliphatic heterocycles. The fourth-order valence-corrected chi connectivity index (χ4v) is 3.15. The third-order valence-electron chi connectivity index (χ3n) is 3.08. The summed E-state index contributed by atoms with van der Waals surface area (Å²) in [6, 6.07) is 9.03. The quantitative estimate of drug-likeness (QED) is 0.674. The normalized spacial score (nSPS) is 15.9. The predicted molar refractivity (Wildman–Crippen MR) is 93.1 cm³/mol. The van der Waals surface area contributed by atoms with E-state index in [1.54, 1.807) is 24.3 Å². The second-order valence-electron chi connectivity index (χ2n) is 4.75. The van der Waals surface area contributed by atoms with Crippen LogP contribution in [0.25, 0.3) is 6.08 Å². The van der Waals surface area contributed by atoms with Gasteiger partial charge in [0, 0.05) is 12.4 Å². The maximum Gasteiger partial charge on any atom is 0.285 e. The lowest BCUT2D eigenvalue weighted by atomic mass is 10.2. The molecule has 0 aliphatic carbocycles. The summed E-state index contributed by atoms with van der Waals surface area (Å²) in [6.45, 7) is 0. The van der Waals surface area contributed by atoms with Gasteiger partial charge in [0.2, 0.25) is 0 Å². The summed E-state index contributed by atoms with van der Waals surface area (Å²) >= 11 is 6.16. The van der Waals surface area contributed by atoms with Gasteiger partial charge in [-0.3, -0.25) is 20.0 Å². The lowest BCUT2D eigenvalue weighted by Gasteiger charge is -2.15. The molecule has 2 heterocycles. The van der Waals surface area contributed by atoms with E-state index >= 15 is 0 Å². The summed E-state index contributed by atoms with van der Waals surface area (Å²) in [4.78, 5) is 28.7. The number of carbonyl (C=O) groups is 2. The minimum Gasteiger partial charge on any atom is -0.267 e. The van der Waals surface area contributed by atoms with Crippen molar-refractivity contribution in [2.24, 2.45) is 0 Å². The molecule has 5 nitrogen and oxygen atoms in total. The van der Waals surface area contributed by atoms with Crippen LogP contribution in [0.15, 0.2) is 53.7 Å². The molecule has 0 unspecified atom stereocenters. The molecule has 2 aromatic rings. The Morgan fingerprint density at radius 1 is 1.33 bits per heavy atom. The minimum absolute atomic E-state index is 0.194. The van der Waals surface area contributed by atoms with Gasteiger partial charge in [-0.15, -0.1) is 0 Å². The van der Waals surface area contributed by atoms with Crippen LogP contribution in [-0.2, 0) is 4.79 Å². The molecule has 1 saturated heterocycles. The molecule has 24 heavy (non-hydrogen) atoms. The van der Waals surface area contributed by atoms with Gasteiger partial charge in [-0.25, -0.2) is 4.39 Å². The fourth-order valence-electron chi connectivity index (χ4n) is 1.97. The molecule has 1 N–H and O–H groups in total. The van der Waals surface area contributed by atoms with Gasteiger partial charge in [0.15, 0.2) is 4.32 Å². The largest absolute Gasteiger partial charge is 0.285 e. The molecule has 0 spiro atoms. The Hall–Kier alpha value is -2.58. The average Bonchev–Trinajstić information content (AvgIpc) is 2.83. The van der Waals surface area contributed by atoms with Crippen LogP contribution in [0.3, 0.4) is 0 Å². The Balaban J connectivity index is 1.78. The highest BCUT2D eigenvalue weighted by Gasteiger charge is 2.33. The van der Waals surface area contributed by atoms with E-state index < -0.39 is 17.6 Å². The van der Waals surface area contributed by atoms with Crippen molar-refractivity contribution in [3.05, 3.63) is 70.6 Å². The number of rotatable bonds is 3. The van der Waals surface area contributed by atoms with E-state index in [1.807, 2.05) is 0 Å². The van der Waals surface area contributed by atoms with Crippen LogP contribution in [0.1, 0.15) is 15.9 Å². The number of nitrogens with zero attached hydrogens (tertiary/aromatic N) is 2. The number of amides is 2. The van der Waals surface area contributed by atoms with E-state index in [4.69, 9.17) is 12.2 Å². The van der Waals surface area contributed by atoms with E-state index in [0.717, 1.165) is 16.8 Å². The molecule has 1 aromatic heterocycles. The van der Waals surface area contributed by atoms with Crippen molar-refractivity contribution in [1.29, 1.82) is 0 Å². The van der Waals surface area contributed by atoms with Crippen LogP contribution in [0.5, 0.6) is 0 Å². The third-order valence-corrected chi connectivity index (χ3v) is 4.38. The Morgan fingerprint density at radius 3 is 2.88 bits per heavy atom. The second-order valence-corrected chi connectivity index (χ2v) is 6.43. The number of thiocarbonyl (C=S) groups is 1. The summed E-state index contributed by atoms with van der Waals surface area (Å²) in [6.07, 6.45) is 4.45. The standard InChI is InChI=1S/C16H10FN3O2S2/c17-12-5-1-3-10(7-12)8-13-15(22)20(16(23)24-13)19-14(21)11-4-2-6-18-9-11/h1-9H,(H,19,21)/b13-8-. The smallest absolute Gasteiger partial charge is 0.267 e.